The van der Waals surface area contributed by atoms with E-state index in [2.05, 4.69) is 30.3 Å². The zero-order valence-corrected chi connectivity index (χ0v) is 15.6. The molecular weight excluding hydrogens is 420 g/mol. The first kappa shape index (κ1) is 19.3. The van der Waals surface area contributed by atoms with Crippen molar-refractivity contribution in [1.82, 2.24) is 24.8 Å². The number of halogens is 3. The number of nitrogens with one attached hydrogen (secondary N) is 2. The van der Waals surface area contributed by atoms with Crippen LogP contribution in [0.1, 0.15) is 15.9 Å². The molecule has 0 spiro atoms. The summed E-state index contributed by atoms with van der Waals surface area (Å²) < 4.78 is 31.7. The van der Waals surface area contributed by atoms with Gasteiger partial charge in [-0.15, -0.1) is 0 Å². The van der Waals surface area contributed by atoms with Crippen molar-refractivity contribution < 1.29 is 18.3 Å². The minimum absolute atomic E-state index is 0.0211. The molecular formula is C18H10ClF2N7O2. The maximum atomic E-state index is 12.9. The third-order valence-electron chi connectivity index (χ3n) is 4.09. The Morgan fingerprint density at radius 1 is 1.37 bits per heavy atom. The number of alkyl halides is 2. The van der Waals surface area contributed by atoms with Crippen molar-refractivity contribution in [2.45, 2.75) is 6.61 Å². The highest BCUT2D eigenvalue weighted by atomic mass is 35.5. The van der Waals surface area contributed by atoms with Gasteiger partial charge < -0.3 is 10.1 Å². The van der Waals surface area contributed by atoms with Crippen LogP contribution in [-0.4, -0.2) is 37.3 Å². The number of aromatic nitrogens is 5. The molecule has 3 aromatic heterocycles. The van der Waals surface area contributed by atoms with Crippen molar-refractivity contribution in [3.63, 3.8) is 0 Å². The normalized spacial score (nSPS) is 10.9. The van der Waals surface area contributed by atoms with Crippen molar-refractivity contribution >= 4 is 28.8 Å². The van der Waals surface area contributed by atoms with E-state index in [1.807, 2.05) is 0 Å². The van der Waals surface area contributed by atoms with Crippen LogP contribution in [0.4, 0.5) is 14.5 Å². The highest BCUT2D eigenvalue weighted by Crippen LogP contribution is 2.38. The van der Waals surface area contributed by atoms with Gasteiger partial charge in [0.25, 0.3) is 5.91 Å². The SMILES string of the molecule is N#Cc1cc(OC(F)F)c(-c2[nH]ncc2NC(=O)c2cnn3cccnc23)cc1Cl. The van der Waals surface area contributed by atoms with Crippen LogP contribution in [0, 0.1) is 11.3 Å². The lowest BCUT2D eigenvalue weighted by Gasteiger charge is -2.12. The van der Waals surface area contributed by atoms with Gasteiger partial charge in [-0.3, -0.25) is 9.89 Å². The maximum Gasteiger partial charge on any atom is 0.387 e. The molecule has 0 saturated heterocycles. The van der Waals surface area contributed by atoms with Crippen molar-refractivity contribution in [2.24, 2.45) is 0 Å². The van der Waals surface area contributed by atoms with Gasteiger partial charge in [0.15, 0.2) is 5.65 Å². The number of benzene rings is 1. The molecule has 150 valence electrons. The molecule has 1 aromatic carbocycles. The van der Waals surface area contributed by atoms with Gasteiger partial charge in [0.2, 0.25) is 0 Å². The Labute approximate surface area is 171 Å². The number of rotatable bonds is 5. The summed E-state index contributed by atoms with van der Waals surface area (Å²) in [5.41, 5.74) is 0.918. The lowest BCUT2D eigenvalue weighted by Crippen LogP contribution is -2.12. The minimum atomic E-state index is -3.14. The Kier molecular flexibility index (Phi) is 4.99. The number of anilines is 1. The molecule has 0 aliphatic carbocycles. The maximum absolute atomic E-state index is 12.9. The summed E-state index contributed by atoms with van der Waals surface area (Å²) >= 11 is 6.05. The van der Waals surface area contributed by atoms with Crippen LogP contribution in [0.25, 0.3) is 16.9 Å². The Hall–Kier alpha value is -4.04. The van der Waals surface area contributed by atoms with Crippen LogP contribution in [0.3, 0.4) is 0 Å². The molecule has 1 amide bonds. The Morgan fingerprint density at radius 2 is 2.20 bits per heavy atom. The Balaban J connectivity index is 1.72. The number of carbonyl (C=O) groups excluding carboxylic acids is 1. The number of carbonyl (C=O) groups is 1. The number of nitriles is 1. The molecule has 30 heavy (non-hydrogen) atoms. The number of hydrogen-bond acceptors (Lipinski definition) is 6. The van der Waals surface area contributed by atoms with E-state index in [9.17, 15) is 13.6 Å². The molecule has 0 fully saturated rings. The van der Waals surface area contributed by atoms with Crippen LogP contribution in [0.2, 0.25) is 5.02 Å². The van der Waals surface area contributed by atoms with E-state index in [1.165, 1.54) is 29.2 Å². The molecule has 0 atom stereocenters. The first-order valence-corrected chi connectivity index (χ1v) is 8.67. The van der Waals surface area contributed by atoms with Crippen LogP contribution in [0.15, 0.2) is 43.0 Å². The number of hydrogen-bond donors (Lipinski definition) is 2. The average Bonchev–Trinajstić information content (AvgIpc) is 3.35. The molecule has 12 heteroatoms. The van der Waals surface area contributed by atoms with E-state index >= 15 is 0 Å². The second-order valence-corrected chi connectivity index (χ2v) is 6.28. The lowest BCUT2D eigenvalue weighted by atomic mass is 10.1. The molecule has 0 bridgehead atoms. The van der Waals surface area contributed by atoms with Gasteiger partial charge in [-0.2, -0.15) is 24.2 Å². The third-order valence-corrected chi connectivity index (χ3v) is 4.40. The number of nitrogens with zero attached hydrogens (tertiary/aromatic N) is 5. The third kappa shape index (κ3) is 3.51. The molecule has 3 heterocycles. The monoisotopic (exact) mass is 429 g/mol. The van der Waals surface area contributed by atoms with Crippen molar-refractivity contribution in [1.29, 1.82) is 5.26 Å². The van der Waals surface area contributed by atoms with E-state index in [0.717, 1.165) is 6.07 Å². The van der Waals surface area contributed by atoms with Crippen LogP contribution >= 0.6 is 11.6 Å². The van der Waals surface area contributed by atoms with E-state index in [1.54, 1.807) is 18.3 Å². The summed E-state index contributed by atoms with van der Waals surface area (Å²) in [6, 6.07) is 5.82. The smallest absolute Gasteiger partial charge is 0.387 e. The predicted octanol–water partition coefficient (Wildman–Crippen LogP) is 3.50. The summed E-state index contributed by atoms with van der Waals surface area (Å²) in [5.74, 6) is -0.842. The molecule has 4 rings (SSSR count). The molecule has 4 aromatic rings. The van der Waals surface area contributed by atoms with Crippen LogP contribution in [-0.2, 0) is 0 Å². The molecule has 0 aliphatic heterocycles. The van der Waals surface area contributed by atoms with Crippen molar-refractivity contribution in [2.75, 3.05) is 5.32 Å². The number of amides is 1. The van der Waals surface area contributed by atoms with Crippen molar-refractivity contribution in [3.8, 4) is 23.1 Å². The quantitative estimate of drug-likeness (QED) is 0.501. The van der Waals surface area contributed by atoms with Gasteiger partial charge in [-0.1, -0.05) is 11.6 Å². The summed E-state index contributed by atoms with van der Waals surface area (Å²) in [6.07, 6.45) is 5.80. The zero-order valence-electron chi connectivity index (χ0n) is 14.8. The van der Waals surface area contributed by atoms with Gasteiger partial charge >= 0.3 is 6.61 Å². The molecule has 9 nitrogen and oxygen atoms in total. The van der Waals surface area contributed by atoms with Gasteiger partial charge in [0, 0.05) is 24.0 Å². The van der Waals surface area contributed by atoms with Crippen LogP contribution < -0.4 is 10.1 Å². The standard InChI is InChI=1S/C18H10ClF2N7O2/c19-12-5-10(14(30-18(20)21)4-9(12)6-22)15-13(8-24-27-15)26-17(29)11-7-25-28-3-1-2-23-16(11)28/h1-5,7-8,18H,(H,24,27)(H,26,29). The Morgan fingerprint density at radius 3 is 2.97 bits per heavy atom. The van der Waals surface area contributed by atoms with Gasteiger partial charge in [-0.05, 0) is 12.1 Å². The van der Waals surface area contributed by atoms with Gasteiger partial charge in [0.05, 0.1) is 34.4 Å². The number of fused-ring (bicyclic) bond motifs is 1. The summed E-state index contributed by atoms with van der Waals surface area (Å²) in [4.78, 5) is 16.8. The Bertz CT molecular complexity index is 1300. The fourth-order valence-corrected chi connectivity index (χ4v) is 3.00. The van der Waals surface area contributed by atoms with E-state index in [4.69, 9.17) is 16.9 Å². The van der Waals surface area contributed by atoms with Crippen LogP contribution in [0.5, 0.6) is 5.75 Å². The number of ether oxygens (including phenoxy) is 1. The zero-order chi connectivity index (χ0) is 21.3. The highest BCUT2D eigenvalue weighted by Gasteiger charge is 2.21. The van der Waals surface area contributed by atoms with Gasteiger partial charge in [-0.25, -0.2) is 9.50 Å². The molecule has 0 saturated carbocycles. The summed E-state index contributed by atoms with van der Waals surface area (Å²) in [7, 11) is 0. The topological polar surface area (TPSA) is 121 Å². The minimum Gasteiger partial charge on any atom is -0.434 e. The van der Waals surface area contributed by atoms with Gasteiger partial charge in [0.1, 0.15) is 17.4 Å². The number of H-pyrrole nitrogens is 1. The highest BCUT2D eigenvalue weighted by molar-refractivity contribution is 6.32. The molecule has 0 aliphatic rings. The largest absolute Gasteiger partial charge is 0.434 e. The predicted molar refractivity (Wildman–Crippen MR) is 101 cm³/mol. The number of aromatic amines is 1. The molecule has 0 unspecified atom stereocenters. The second kappa shape index (κ2) is 7.76. The van der Waals surface area contributed by atoms with E-state index < -0.39 is 12.5 Å². The van der Waals surface area contributed by atoms with E-state index in [0.29, 0.717) is 5.65 Å². The fourth-order valence-electron chi connectivity index (χ4n) is 2.79. The second-order valence-electron chi connectivity index (χ2n) is 5.88. The first-order valence-electron chi connectivity index (χ1n) is 8.30. The summed E-state index contributed by atoms with van der Waals surface area (Å²) in [6.45, 7) is -3.14. The summed E-state index contributed by atoms with van der Waals surface area (Å²) in [5, 5.41) is 22.3. The molecule has 2 N–H and O–H groups in total. The molecule has 0 radical (unpaired) electrons. The van der Waals surface area contributed by atoms with E-state index in [-0.39, 0.29) is 38.8 Å². The van der Waals surface area contributed by atoms with Crippen molar-refractivity contribution in [3.05, 3.63) is 59.1 Å². The average molecular weight is 430 g/mol. The fraction of sp³-hybridized carbons (Fsp3) is 0.0556. The first-order chi connectivity index (χ1) is 14.5. The lowest BCUT2D eigenvalue weighted by molar-refractivity contribution is -0.0494.